The molecular formula is C15H16ClNO2. The van der Waals surface area contributed by atoms with E-state index in [1.807, 2.05) is 31.2 Å². The molecule has 1 amide bonds. The molecule has 0 saturated heterocycles. The van der Waals surface area contributed by atoms with Gasteiger partial charge in [0.2, 0.25) is 0 Å². The van der Waals surface area contributed by atoms with E-state index in [0.29, 0.717) is 16.3 Å². The Labute approximate surface area is 117 Å². The molecule has 0 aliphatic heterocycles. The molecule has 0 spiro atoms. The molecule has 2 aromatic rings. The van der Waals surface area contributed by atoms with Crippen molar-refractivity contribution in [3.63, 3.8) is 0 Å². The van der Waals surface area contributed by atoms with Gasteiger partial charge in [0.1, 0.15) is 5.76 Å². The van der Waals surface area contributed by atoms with Crippen LogP contribution in [-0.2, 0) is 0 Å². The van der Waals surface area contributed by atoms with Gasteiger partial charge in [0, 0.05) is 5.02 Å². The topological polar surface area (TPSA) is 42.2 Å². The molecule has 1 atom stereocenters. The second-order valence-corrected chi connectivity index (χ2v) is 4.82. The molecule has 0 saturated carbocycles. The van der Waals surface area contributed by atoms with Crippen LogP contribution in [0.3, 0.4) is 0 Å². The van der Waals surface area contributed by atoms with Gasteiger partial charge in [0.25, 0.3) is 5.91 Å². The SMILES string of the molecule is CCC(NC(=O)c1ccoc1C)c1cccc(Cl)c1. The molecule has 1 aromatic heterocycles. The summed E-state index contributed by atoms with van der Waals surface area (Å²) in [6.45, 7) is 3.79. The molecule has 0 radical (unpaired) electrons. The van der Waals surface area contributed by atoms with E-state index in [9.17, 15) is 4.79 Å². The third-order valence-electron chi connectivity index (χ3n) is 3.07. The fourth-order valence-corrected chi connectivity index (χ4v) is 2.20. The standard InChI is InChI=1S/C15H16ClNO2/c1-3-14(11-5-4-6-12(16)9-11)17-15(18)13-7-8-19-10(13)2/h4-9,14H,3H2,1-2H3,(H,17,18). The maximum Gasteiger partial charge on any atom is 0.255 e. The number of nitrogens with one attached hydrogen (secondary N) is 1. The van der Waals surface area contributed by atoms with Crippen LogP contribution in [0.2, 0.25) is 5.02 Å². The summed E-state index contributed by atoms with van der Waals surface area (Å²) < 4.78 is 5.14. The van der Waals surface area contributed by atoms with Gasteiger partial charge in [-0.15, -0.1) is 0 Å². The summed E-state index contributed by atoms with van der Waals surface area (Å²) >= 11 is 5.98. The molecule has 0 fully saturated rings. The number of furan rings is 1. The fourth-order valence-electron chi connectivity index (χ4n) is 2.00. The van der Waals surface area contributed by atoms with Gasteiger partial charge >= 0.3 is 0 Å². The predicted octanol–water partition coefficient (Wildman–Crippen LogP) is 4.12. The summed E-state index contributed by atoms with van der Waals surface area (Å²) in [7, 11) is 0. The highest BCUT2D eigenvalue weighted by atomic mass is 35.5. The first-order valence-electron chi connectivity index (χ1n) is 6.22. The number of aryl methyl sites for hydroxylation is 1. The molecule has 0 aliphatic carbocycles. The van der Waals surface area contributed by atoms with E-state index in [-0.39, 0.29) is 11.9 Å². The summed E-state index contributed by atoms with van der Waals surface area (Å²) in [6, 6.07) is 9.16. The number of amides is 1. The minimum Gasteiger partial charge on any atom is -0.469 e. The zero-order valence-electron chi connectivity index (χ0n) is 10.9. The third-order valence-corrected chi connectivity index (χ3v) is 3.30. The molecule has 100 valence electrons. The average molecular weight is 278 g/mol. The van der Waals surface area contributed by atoms with Crippen molar-refractivity contribution >= 4 is 17.5 Å². The quantitative estimate of drug-likeness (QED) is 0.913. The first-order valence-corrected chi connectivity index (χ1v) is 6.60. The van der Waals surface area contributed by atoms with Crippen molar-refractivity contribution in [3.8, 4) is 0 Å². The Balaban J connectivity index is 2.16. The molecule has 3 nitrogen and oxygen atoms in total. The highest BCUT2D eigenvalue weighted by Crippen LogP contribution is 2.21. The lowest BCUT2D eigenvalue weighted by Gasteiger charge is -2.17. The van der Waals surface area contributed by atoms with Crippen LogP contribution < -0.4 is 5.32 Å². The Morgan fingerprint density at radius 1 is 1.42 bits per heavy atom. The predicted molar refractivity (Wildman–Crippen MR) is 75.4 cm³/mol. The minimum absolute atomic E-state index is 0.0551. The summed E-state index contributed by atoms with van der Waals surface area (Å²) in [5, 5.41) is 3.67. The number of carbonyl (C=O) groups excluding carboxylic acids is 1. The smallest absolute Gasteiger partial charge is 0.255 e. The van der Waals surface area contributed by atoms with Crippen LogP contribution in [0.25, 0.3) is 0 Å². The summed E-state index contributed by atoms with van der Waals surface area (Å²) in [5.74, 6) is 0.497. The highest BCUT2D eigenvalue weighted by molar-refractivity contribution is 6.30. The Morgan fingerprint density at radius 2 is 2.21 bits per heavy atom. The van der Waals surface area contributed by atoms with Crippen molar-refractivity contribution in [2.75, 3.05) is 0 Å². The fraction of sp³-hybridized carbons (Fsp3) is 0.267. The molecule has 19 heavy (non-hydrogen) atoms. The van der Waals surface area contributed by atoms with Crippen LogP contribution >= 0.6 is 11.6 Å². The molecule has 0 bridgehead atoms. The van der Waals surface area contributed by atoms with Crippen molar-refractivity contribution in [3.05, 3.63) is 58.5 Å². The van der Waals surface area contributed by atoms with Crippen molar-refractivity contribution < 1.29 is 9.21 Å². The second kappa shape index (κ2) is 5.93. The zero-order valence-corrected chi connectivity index (χ0v) is 11.7. The van der Waals surface area contributed by atoms with Gasteiger partial charge < -0.3 is 9.73 Å². The van der Waals surface area contributed by atoms with Gasteiger partial charge in [-0.05, 0) is 37.1 Å². The third kappa shape index (κ3) is 3.18. The van der Waals surface area contributed by atoms with Gasteiger partial charge in [-0.1, -0.05) is 30.7 Å². The zero-order chi connectivity index (χ0) is 13.8. The van der Waals surface area contributed by atoms with E-state index >= 15 is 0 Å². The van der Waals surface area contributed by atoms with Crippen molar-refractivity contribution in [1.82, 2.24) is 5.32 Å². The lowest BCUT2D eigenvalue weighted by atomic mass is 10.0. The monoisotopic (exact) mass is 277 g/mol. The summed E-state index contributed by atoms with van der Waals surface area (Å²) in [6.07, 6.45) is 2.31. The first-order chi connectivity index (χ1) is 9.11. The molecule has 1 N–H and O–H groups in total. The van der Waals surface area contributed by atoms with E-state index in [0.717, 1.165) is 12.0 Å². The van der Waals surface area contributed by atoms with Crippen molar-refractivity contribution in [2.45, 2.75) is 26.3 Å². The normalized spacial score (nSPS) is 12.2. The number of hydrogen-bond donors (Lipinski definition) is 1. The van der Waals surface area contributed by atoms with Gasteiger partial charge in [0.15, 0.2) is 0 Å². The van der Waals surface area contributed by atoms with Crippen LogP contribution in [-0.4, -0.2) is 5.91 Å². The first kappa shape index (κ1) is 13.7. The van der Waals surface area contributed by atoms with Gasteiger partial charge in [-0.2, -0.15) is 0 Å². The Morgan fingerprint density at radius 3 is 2.79 bits per heavy atom. The Hall–Kier alpha value is -1.74. The number of carbonyl (C=O) groups is 1. The number of hydrogen-bond acceptors (Lipinski definition) is 2. The number of benzene rings is 1. The molecule has 4 heteroatoms. The number of rotatable bonds is 4. The summed E-state index contributed by atoms with van der Waals surface area (Å²) in [5.41, 5.74) is 1.57. The van der Waals surface area contributed by atoms with Gasteiger partial charge in [0.05, 0.1) is 17.9 Å². The molecule has 0 aliphatic rings. The van der Waals surface area contributed by atoms with E-state index < -0.39 is 0 Å². The molecule has 1 heterocycles. The lowest BCUT2D eigenvalue weighted by molar-refractivity contribution is 0.0934. The van der Waals surface area contributed by atoms with Gasteiger partial charge in [-0.3, -0.25) is 4.79 Å². The van der Waals surface area contributed by atoms with Crippen LogP contribution in [0, 0.1) is 6.92 Å². The van der Waals surface area contributed by atoms with Crippen molar-refractivity contribution in [1.29, 1.82) is 0 Å². The van der Waals surface area contributed by atoms with E-state index in [1.165, 1.54) is 6.26 Å². The maximum atomic E-state index is 12.2. The highest BCUT2D eigenvalue weighted by Gasteiger charge is 2.17. The average Bonchev–Trinajstić information content (AvgIpc) is 2.82. The molecular weight excluding hydrogens is 262 g/mol. The summed E-state index contributed by atoms with van der Waals surface area (Å²) in [4.78, 5) is 12.2. The van der Waals surface area contributed by atoms with Crippen LogP contribution in [0.15, 0.2) is 41.0 Å². The Bertz CT molecular complexity index is 577. The molecule has 1 aromatic carbocycles. The molecule has 2 rings (SSSR count). The van der Waals surface area contributed by atoms with Crippen LogP contribution in [0.5, 0.6) is 0 Å². The molecule has 1 unspecified atom stereocenters. The van der Waals surface area contributed by atoms with Gasteiger partial charge in [-0.25, -0.2) is 0 Å². The van der Waals surface area contributed by atoms with E-state index in [4.69, 9.17) is 16.0 Å². The maximum absolute atomic E-state index is 12.2. The largest absolute Gasteiger partial charge is 0.469 e. The second-order valence-electron chi connectivity index (χ2n) is 4.38. The Kier molecular flexibility index (Phi) is 4.27. The minimum atomic E-state index is -0.127. The van der Waals surface area contributed by atoms with Crippen molar-refractivity contribution in [2.24, 2.45) is 0 Å². The lowest BCUT2D eigenvalue weighted by Crippen LogP contribution is -2.28. The van der Waals surface area contributed by atoms with E-state index in [2.05, 4.69) is 5.32 Å². The van der Waals surface area contributed by atoms with Crippen LogP contribution in [0.1, 0.15) is 41.1 Å². The number of halogens is 1. The van der Waals surface area contributed by atoms with Crippen LogP contribution in [0.4, 0.5) is 0 Å². The van der Waals surface area contributed by atoms with E-state index in [1.54, 1.807) is 13.0 Å².